The van der Waals surface area contributed by atoms with Gasteiger partial charge < -0.3 is 19.1 Å². The minimum atomic E-state index is -3.78. The van der Waals surface area contributed by atoms with Gasteiger partial charge in [-0.2, -0.15) is 10.2 Å². The average Bonchev–Trinajstić information content (AvgIpc) is 3.44. The minimum absolute atomic E-state index is 0.0222. The third-order valence-electron chi connectivity index (χ3n) is 4.94. The molecule has 1 aromatic carbocycles. The first kappa shape index (κ1) is 21.6. The van der Waals surface area contributed by atoms with Gasteiger partial charge in [-0.15, -0.1) is 0 Å². The number of furan rings is 1. The van der Waals surface area contributed by atoms with Crippen LogP contribution in [0.4, 0.5) is 11.6 Å². The third kappa shape index (κ3) is 4.80. The Labute approximate surface area is 184 Å². The summed E-state index contributed by atoms with van der Waals surface area (Å²) in [5, 5.41) is 17.2. The van der Waals surface area contributed by atoms with Gasteiger partial charge in [0.2, 0.25) is 27.5 Å². The molecule has 0 atom stereocenters. The lowest BCUT2D eigenvalue weighted by Gasteiger charge is -2.34. The summed E-state index contributed by atoms with van der Waals surface area (Å²) in [5.41, 5.74) is 0.664. The van der Waals surface area contributed by atoms with E-state index in [0.717, 1.165) is 0 Å². The van der Waals surface area contributed by atoms with Crippen LogP contribution in [0.25, 0.3) is 11.7 Å². The van der Waals surface area contributed by atoms with Gasteiger partial charge in [0.05, 0.1) is 17.7 Å². The van der Waals surface area contributed by atoms with Crippen LogP contribution in [0.3, 0.4) is 0 Å². The molecule has 0 unspecified atom stereocenters. The molecule has 3 aromatic rings. The molecule has 32 heavy (non-hydrogen) atoms. The highest BCUT2D eigenvalue weighted by molar-refractivity contribution is 7.89. The van der Waals surface area contributed by atoms with Crippen LogP contribution in [0.5, 0.6) is 0 Å². The Kier molecular flexibility index (Phi) is 5.95. The van der Waals surface area contributed by atoms with Crippen molar-refractivity contribution in [1.82, 2.24) is 9.88 Å². The number of carbonyl (C=O) groups excluding carboxylic acids is 1. The summed E-state index contributed by atoms with van der Waals surface area (Å²) in [7, 11) is -3.78. The van der Waals surface area contributed by atoms with E-state index in [9.17, 15) is 18.5 Å². The molecule has 3 heterocycles. The summed E-state index contributed by atoms with van der Waals surface area (Å²) in [6, 6.07) is 11.1. The number of primary sulfonamides is 1. The van der Waals surface area contributed by atoms with Crippen LogP contribution in [-0.4, -0.2) is 56.9 Å². The second kappa shape index (κ2) is 8.83. The van der Waals surface area contributed by atoms with E-state index in [1.165, 1.54) is 30.5 Å². The molecule has 3 N–H and O–H groups in total. The molecule has 0 bridgehead atoms. The van der Waals surface area contributed by atoms with E-state index in [1.54, 1.807) is 12.1 Å². The fourth-order valence-electron chi connectivity index (χ4n) is 3.35. The van der Waals surface area contributed by atoms with Gasteiger partial charge in [0, 0.05) is 31.9 Å². The molecule has 12 heteroatoms. The van der Waals surface area contributed by atoms with E-state index in [2.05, 4.69) is 10.3 Å². The first-order chi connectivity index (χ1) is 15.3. The smallest absolute Gasteiger partial charge is 0.266 e. The van der Waals surface area contributed by atoms with Gasteiger partial charge in [0.25, 0.3) is 5.89 Å². The maximum absolute atomic E-state index is 12.4. The van der Waals surface area contributed by atoms with E-state index < -0.39 is 10.0 Å². The predicted octanol–water partition coefficient (Wildman–Crippen LogP) is 1.21. The van der Waals surface area contributed by atoms with Gasteiger partial charge in [-0.1, -0.05) is 0 Å². The highest BCUT2D eigenvalue weighted by Crippen LogP contribution is 2.29. The molecule has 11 nitrogen and oxygen atoms in total. The lowest BCUT2D eigenvalue weighted by molar-refractivity contribution is -0.117. The zero-order valence-electron chi connectivity index (χ0n) is 16.9. The van der Waals surface area contributed by atoms with Crippen LogP contribution < -0.4 is 15.4 Å². The van der Waals surface area contributed by atoms with Crippen LogP contribution >= 0.6 is 0 Å². The molecule has 0 radical (unpaired) electrons. The number of nitrogens with two attached hydrogens (primary N) is 1. The SMILES string of the molecule is N#Cc1nc(-c2ccco2)oc1N1CCN(CC(=O)Nc2ccc(S(N)(=O)=O)cc2)CC1. The van der Waals surface area contributed by atoms with Crippen molar-refractivity contribution in [1.29, 1.82) is 5.26 Å². The Balaban J connectivity index is 1.32. The van der Waals surface area contributed by atoms with Crippen molar-refractivity contribution in [3.63, 3.8) is 0 Å². The fraction of sp³-hybridized carbons (Fsp3) is 0.250. The Bertz CT molecular complexity index is 1240. The molecule has 2 aromatic heterocycles. The van der Waals surface area contributed by atoms with Crippen LogP contribution in [0.1, 0.15) is 5.69 Å². The first-order valence-corrected chi connectivity index (χ1v) is 11.2. The number of nitriles is 1. The molecule has 1 amide bonds. The number of sulfonamides is 1. The Morgan fingerprint density at radius 1 is 1.19 bits per heavy atom. The molecular weight excluding hydrogens is 436 g/mol. The summed E-state index contributed by atoms with van der Waals surface area (Å²) in [4.78, 5) is 20.4. The fourth-order valence-corrected chi connectivity index (χ4v) is 3.86. The van der Waals surface area contributed by atoms with Gasteiger partial charge in [-0.25, -0.2) is 13.6 Å². The van der Waals surface area contributed by atoms with Crippen molar-refractivity contribution < 1.29 is 22.0 Å². The molecular formula is C20H20N6O5S. The number of aromatic nitrogens is 1. The molecule has 0 spiro atoms. The highest BCUT2D eigenvalue weighted by atomic mass is 32.2. The number of hydrogen-bond acceptors (Lipinski definition) is 9. The number of rotatable bonds is 6. The van der Waals surface area contributed by atoms with E-state index in [-0.39, 0.29) is 28.9 Å². The second-order valence-electron chi connectivity index (χ2n) is 7.14. The lowest BCUT2D eigenvalue weighted by Crippen LogP contribution is -2.48. The largest absolute Gasteiger partial charge is 0.459 e. The molecule has 1 aliphatic heterocycles. The van der Waals surface area contributed by atoms with Crippen molar-refractivity contribution in [2.45, 2.75) is 4.90 Å². The molecule has 4 rings (SSSR count). The number of nitrogens with zero attached hydrogens (tertiary/aromatic N) is 4. The predicted molar refractivity (Wildman–Crippen MR) is 114 cm³/mol. The minimum Gasteiger partial charge on any atom is -0.459 e. The maximum atomic E-state index is 12.4. The van der Waals surface area contributed by atoms with E-state index >= 15 is 0 Å². The van der Waals surface area contributed by atoms with Crippen molar-refractivity contribution in [3.8, 4) is 17.7 Å². The van der Waals surface area contributed by atoms with Crippen molar-refractivity contribution in [3.05, 3.63) is 48.4 Å². The van der Waals surface area contributed by atoms with Crippen molar-refractivity contribution >= 4 is 27.5 Å². The molecule has 1 aliphatic rings. The topological polar surface area (TPSA) is 159 Å². The van der Waals surface area contributed by atoms with Gasteiger partial charge >= 0.3 is 0 Å². The number of piperazine rings is 1. The molecule has 0 saturated carbocycles. The molecule has 1 fully saturated rings. The zero-order chi connectivity index (χ0) is 22.7. The van der Waals surface area contributed by atoms with Crippen molar-refractivity contribution in [2.75, 3.05) is 42.9 Å². The van der Waals surface area contributed by atoms with Gasteiger partial charge in [-0.3, -0.25) is 9.69 Å². The number of hydrogen-bond donors (Lipinski definition) is 2. The number of oxazole rings is 1. The average molecular weight is 456 g/mol. The Morgan fingerprint density at radius 3 is 2.50 bits per heavy atom. The number of benzene rings is 1. The summed E-state index contributed by atoms with van der Waals surface area (Å²) < 4.78 is 33.7. The second-order valence-corrected chi connectivity index (χ2v) is 8.70. The number of carbonyl (C=O) groups is 1. The standard InChI is InChI=1S/C20H20N6O5S/c21-12-16-20(31-19(24-16)17-2-1-11-30-17)26-9-7-25(8-10-26)13-18(27)23-14-3-5-15(6-4-14)32(22,28)29/h1-6,11H,7-10,13H2,(H,23,27)(H2,22,28,29). The van der Waals surface area contributed by atoms with E-state index in [0.29, 0.717) is 43.5 Å². The number of anilines is 2. The molecule has 1 saturated heterocycles. The number of nitrogens with one attached hydrogen (secondary N) is 1. The highest BCUT2D eigenvalue weighted by Gasteiger charge is 2.26. The quantitative estimate of drug-likeness (QED) is 0.556. The normalized spacial score (nSPS) is 14.8. The van der Waals surface area contributed by atoms with E-state index in [1.807, 2.05) is 15.9 Å². The lowest BCUT2D eigenvalue weighted by atomic mass is 10.3. The molecule has 166 valence electrons. The Hall–Kier alpha value is -3.66. The van der Waals surface area contributed by atoms with Crippen LogP contribution in [0, 0.1) is 11.3 Å². The van der Waals surface area contributed by atoms with Crippen LogP contribution in [-0.2, 0) is 14.8 Å². The third-order valence-corrected chi connectivity index (χ3v) is 5.87. The monoisotopic (exact) mass is 456 g/mol. The summed E-state index contributed by atoms with van der Waals surface area (Å²) in [6.45, 7) is 2.44. The molecule has 0 aliphatic carbocycles. The summed E-state index contributed by atoms with van der Waals surface area (Å²) in [6.07, 6.45) is 1.50. The summed E-state index contributed by atoms with van der Waals surface area (Å²) in [5.74, 6) is 0.856. The van der Waals surface area contributed by atoms with Crippen LogP contribution in [0.15, 0.2) is 56.4 Å². The Morgan fingerprint density at radius 2 is 1.91 bits per heavy atom. The number of amides is 1. The van der Waals surface area contributed by atoms with Crippen LogP contribution in [0.2, 0.25) is 0 Å². The summed E-state index contributed by atoms with van der Waals surface area (Å²) >= 11 is 0. The zero-order valence-corrected chi connectivity index (χ0v) is 17.7. The first-order valence-electron chi connectivity index (χ1n) is 9.68. The van der Waals surface area contributed by atoms with Crippen molar-refractivity contribution in [2.24, 2.45) is 5.14 Å². The van der Waals surface area contributed by atoms with Gasteiger partial charge in [-0.05, 0) is 36.4 Å². The maximum Gasteiger partial charge on any atom is 0.266 e. The van der Waals surface area contributed by atoms with Gasteiger partial charge in [0.15, 0.2) is 5.76 Å². The van der Waals surface area contributed by atoms with Gasteiger partial charge in [0.1, 0.15) is 6.07 Å². The van der Waals surface area contributed by atoms with E-state index in [4.69, 9.17) is 14.0 Å².